The number of hydrogen-bond acceptors (Lipinski definition) is 4. The summed E-state index contributed by atoms with van der Waals surface area (Å²) in [5.41, 5.74) is 3.49. The van der Waals surface area contributed by atoms with E-state index in [0.29, 0.717) is 24.2 Å². The fourth-order valence-corrected chi connectivity index (χ4v) is 3.92. The van der Waals surface area contributed by atoms with Crippen molar-refractivity contribution in [2.75, 3.05) is 20.7 Å². The first kappa shape index (κ1) is 21.7. The maximum Gasteiger partial charge on any atom is 0.257 e. The maximum absolute atomic E-state index is 13.8. The SMILES string of the molecule is COc1ccc([C@@H]2CC(c3cccc(F)c3)=NN2C(=O)CN(C)Cc2ccccc2)cc1. The number of ether oxygens (including phenoxy) is 1. The molecule has 6 heteroatoms. The van der Waals surface area contributed by atoms with E-state index in [4.69, 9.17) is 4.74 Å². The first-order valence-electron chi connectivity index (χ1n) is 10.6. The molecular weight excluding hydrogens is 405 g/mol. The van der Waals surface area contributed by atoms with Crippen LogP contribution in [0.5, 0.6) is 5.75 Å². The van der Waals surface area contributed by atoms with Gasteiger partial charge in [-0.3, -0.25) is 9.69 Å². The van der Waals surface area contributed by atoms with E-state index in [1.807, 2.05) is 72.6 Å². The zero-order valence-corrected chi connectivity index (χ0v) is 18.2. The van der Waals surface area contributed by atoms with Gasteiger partial charge in [0.05, 0.1) is 25.4 Å². The highest BCUT2D eigenvalue weighted by atomic mass is 19.1. The summed E-state index contributed by atoms with van der Waals surface area (Å²) in [6, 6.07) is 23.8. The van der Waals surface area contributed by atoms with Gasteiger partial charge in [-0.2, -0.15) is 5.10 Å². The Morgan fingerprint density at radius 1 is 1.09 bits per heavy atom. The Labute approximate surface area is 187 Å². The van der Waals surface area contributed by atoms with Crippen molar-refractivity contribution in [3.05, 3.63) is 101 Å². The van der Waals surface area contributed by atoms with Gasteiger partial charge in [-0.15, -0.1) is 0 Å². The lowest BCUT2D eigenvalue weighted by molar-refractivity contribution is -0.134. The third kappa shape index (κ3) is 5.03. The Morgan fingerprint density at radius 3 is 2.53 bits per heavy atom. The summed E-state index contributed by atoms with van der Waals surface area (Å²) in [5.74, 6) is 0.327. The summed E-state index contributed by atoms with van der Waals surface area (Å²) in [5, 5.41) is 6.18. The number of methoxy groups -OCH3 is 1. The smallest absolute Gasteiger partial charge is 0.257 e. The summed E-state index contributed by atoms with van der Waals surface area (Å²) >= 11 is 0. The Kier molecular flexibility index (Phi) is 6.61. The second-order valence-corrected chi connectivity index (χ2v) is 7.95. The van der Waals surface area contributed by atoms with E-state index in [1.54, 1.807) is 18.2 Å². The molecule has 0 radical (unpaired) electrons. The van der Waals surface area contributed by atoms with Crippen molar-refractivity contribution >= 4 is 11.6 Å². The number of halogens is 1. The standard InChI is InChI=1S/C26H26FN3O2/c1-29(17-19-7-4-3-5-8-19)18-26(31)30-25(20-11-13-23(32-2)14-12-20)16-24(28-30)21-9-6-10-22(27)15-21/h3-15,25H,16-18H2,1-2H3/t25-/m0/s1. The van der Waals surface area contributed by atoms with Crippen LogP contribution in [0.15, 0.2) is 84.0 Å². The van der Waals surface area contributed by atoms with Crippen LogP contribution >= 0.6 is 0 Å². The van der Waals surface area contributed by atoms with Gasteiger partial charge in [0.15, 0.2) is 0 Å². The molecule has 0 spiro atoms. The Bertz CT molecular complexity index is 1100. The second kappa shape index (κ2) is 9.75. The molecule has 0 fully saturated rings. The molecule has 1 aliphatic heterocycles. The number of carbonyl (C=O) groups is 1. The lowest BCUT2D eigenvalue weighted by Gasteiger charge is -2.25. The van der Waals surface area contributed by atoms with Crippen LogP contribution in [0.3, 0.4) is 0 Å². The molecule has 0 aromatic heterocycles. The zero-order chi connectivity index (χ0) is 22.5. The Balaban J connectivity index is 1.57. The third-order valence-corrected chi connectivity index (χ3v) is 5.52. The third-order valence-electron chi connectivity index (χ3n) is 5.52. The molecule has 0 N–H and O–H groups in total. The number of amides is 1. The van der Waals surface area contributed by atoms with Gasteiger partial charge in [0.1, 0.15) is 11.6 Å². The summed E-state index contributed by atoms with van der Waals surface area (Å²) in [6.45, 7) is 0.884. The molecule has 1 aliphatic rings. The Morgan fingerprint density at radius 2 is 1.84 bits per heavy atom. The first-order chi connectivity index (χ1) is 15.5. The van der Waals surface area contributed by atoms with Gasteiger partial charge in [0, 0.05) is 18.5 Å². The average Bonchev–Trinajstić information content (AvgIpc) is 3.25. The lowest BCUT2D eigenvalue weighted by Crippen LogP contribution is -2.36. The minimum atomic E-state index is -0.321. The highest BCUT2D eigenvalue weighted by molar-refractivity contribution is 6.03. The van der Waals surface area contributed by atoms with E-state index in [9.17, 15) is 9.18 Å². The molecule has 0 aliphatic carbocycles. The van der Waals surface area contributed by atoms with Gasteiger partial charge in [0.2, 0.25) is 0 Å². The quantitative estimate of drug-likeness (QED) is 0.547. The lowest BCUT2D eigenvalue weighted by atomic mass is 9.98. The van der Waals surface area contributed by atoms with Crippen LogP contribution in [0.25, 0.3) is 0 Å². The molecule has 5 nitrogen and oxygen atoms in total. The fourth-order valence-electron chi connectivity index (χ4n) is 3.92. The van der Waals surface area contributed by atoms with Crippen LogP contribution in [0.4, 0.5) is 4.39 Å². The minimum Gasteiger partial charge on any atom is -0.497 e. The second-order valence-electron chi connectivity index (χ2n) is 7.95. The number of benzene rings is 3. The van der Waals surface area contributed by atoms with Crippen LogP contribution in [0, 0.1) is 5.82 Å². The average molecular weight is 432 g/mol. The molecule has 3 aromatic rings. The summed E-state index contributed by atoms with van der Waals surface area (Å²) in [6.07, 6.45) is 0.518. The number of nitrogens with zero attached hydrogens (tertiary/aromatic N) is 3. The fraction of sp³-hybridized carbons (Fsp3) is 0.231. The number of likely N-dealkylation sites (N-methyl/N-ethyl adjacent to an activating group) is 1. The highest BCUT2D eigenvalue weighted by Gasteiger charge is 2.33. The molecule has 0 saturated heterocycles. The van der Waals surface area contributed by atoms with E-state index in [1.165, 1.54) is 12.1 Å². The summed E-state index contributed by atoms with van der Waals surface area (Å²) < 4.78 is 19.1. The highest BCUT2D eigenvalue weighted by Crippen LogP contribution is 2.33. The van der Waals surface area contributed by atoms with Crippen LogP contribution < -0.4 is 4.74 Å². The van der Waals surface area contributed by atoms with E-state index < -0.39 is 0 Å². The van der Waals surface area contributed by atoms with Gasteiger partial charge in [-0.05, 0) is 42.4 Å². The van der Waals surface area contributed by atoms with E-state index in [-0.39, 0.29) is 24.3 Å². The molecule has 32 heavy (non-hydrogen) atoms. The zero-order valence-electron chi connectivity index (χ0n) is 18.2. The number of hydrogen-bond donors (Lipinski definition) is 0. The molecular formula is C26H26FN3O2. The van der Waals surface area contributed by atoms with Crippen molar-refractivity contribution in [2.24, 2.45) is 5.10 Å². The molecule has 0 bridgehead atoms. The molecule has 4 rings (SSSR count). The molecule has 1 heterocycles. The first-order valence-corrected chi connectivity index (χ1v) is 10.6. The van der Waals surface area contributed by atoms with Crippen LogP contribution in [0.1, 0.15) is 29.2 Å². The minimum absolute atomic E-state index is 0.101. The van der Waals surface area contributed by atoms with E-state index in [0.717, 1.165) is 16.9 Å². The molecule has 1 atom stereocenters. The van der Waals surface area contributed by atoms with Crippen molar-refractivity contribution in [3.63, 3.8) is 0 Å². The topological polar surface area (TPSA) is 45.1 Å². The molecule has 0 saturated carbocycles. The van der Waals surface area contributed by atoms with Gasteiger partial charge in [0.25, 0.3) is 5.91 Å². The van der Waals surface area contributed by atoms with Crippen molar-refractivity contribution in [1.29, 1.82) is 0 Å². The molecule has 1 amide bonds. The van der Waals surface area contributed by atoms with Crippen molar-refractivity contribution in [2.45, 2.75) is 19.0 Å². The Hall–Kier alpha value is -3.51. The van der Waals surface area contributed by atoms with Crippen molar-refractivity contribution in [1.82, 2.24) is 9.91 Å². The number of hydrazone groups is 1. The van der Waals surface area contributed by atoms with Crippen molar-refractivity contribution in [3.8, 4) is 5.75 Å². The van der Waals surface area contributed by atoms with E-state index in [2.05, 4.69) is 5.10 Å². The van der Waals surface area contributed by atoms with Crippen LogP contribution in [-0.4, -0.2) is 42.2 Å². The summed E-state index contributed by atoms with van der Waals surface area (Å²) in [7, 11) is 3.54. The predicted molar refractivity (Wildman–Crippen MR) is 123 cm³/mol. The van der Waals surface area contributed by atoms with Gasteiger partial charge < -0.3 is 4.74 Å². The summed E-state index contributed by atoms with van der Waals surface area (Å²) in [4.78, 5) is 15.2. The number of rotatable bonds is 7. The van der Waals surface area contributed by atoms with Gasteiger partial charge in [-0.1, -0.05) is 54.6 Å². The van der Waals surface area contributed by atoms with Crippen LogP contribution in [-0.2, 0) is 11.3 Å². The normalized spacial score (nSPS) is 15.7. The molecule has 164 valence electrons. The molecule has 0 unspecified atom stereocenters. The predicted octanol–water partition coefficient (Wildman–Crippen LogP) is 4.64. The van der Waals surface area contributed by atoms with Crippen LogP contribution in [0.2, 0.25) is 0 Å². The monoisotopic (exact) mass is 431 g/mol. The maximum atomic E-state index is 13.8. The largest absolute Gasteiger partial charge is 0.497 e. The number of carbonyl (C=O) groups excluding carboxylic acids is 1. The van der Waals surface area contributed by atoms with Gasteiger partial charge >= 0.3 is 0 Å². The van der Waals surface area contributed by atoms with Crippen molar-refractivity contribution < 1.29 is 13.9 Å². The molecule has 3 aromatic carbocycles. The van der Waals surface area contributed by atoms with E-state index >= 15 is 0 Å². The van der Waals surface area contributed by atoms with Gasteiger partial charge in [-0.25, -0.2) is 9.40 Å².